The molecule has 0 heterocycles. The van der Waals surface area contributed by atoms with E-state index in [-0.39, 0.29) is 17.3 Å². The topological polar surface area (TPSA) is 57.5 Å². The molecule has 22 heavy (non-hydrogen) atoms. The van der Waals surface area contributed by atoms with Crippen molar-refractivity contribution in [1.82, 2.24) is 0 Å². The highest BCUT2D eigenvalue weighted by Gasteiger charge is 2.31. The lowest BCUT2D eigenvalue weighted by Crippen LogP contribution is -2.23. The monoisotopic (exact) mass is 306 g/mol. The predicted molar refractivity (Wildman–Crippen MR) is 90.9 cm³/mol. The van der Waals surface area contributed by atoms with Crippen LogP contribution in [0.5, 0.6) is 5.75 Å². The van der Waals surface area contributed by atoms with Crippen molar-refractivity contribution in [2.24, 2.45) is 0 Å². The number of rotatable bonds is 3. The molecule has 0 saturated heterocycles. The van der Waals surface area contributed by atoms with Gasteiger partial charge < -0.3 is 10.2 Å². The van der Waals surface area contributed by atoms with Gasteiger partial charge in [-0.05, 0) is 53.4 Å². The Balaban J connectivity index is 3.75. The summed E-state index contributed by atoms with van der Waals surface area (Å²) in [5.74, 6) is -0.491. The smallest absolute Gasteiger partial charge is 0.303 e. The van der Waals surface area contributed by atoms with Gasteiger partial charge in [-0.1, -0.05) is 41.5 Å². The Kier molecular flexibility index (Phi) is 5.01. The standard InChI is InChI=1S/C19H30O3/c1-11-13(9-10-14(20)21)15(18(3,4)5)12(2)16(17(11)22)19(6,7)8/h22H,9-10H2,1-8H3,(H,20,21). The zero-order valence-electron chi connectivity index (χ0n) is 15.2. The lowest BCUT2D eigenvalue weighted by molar-refractivity contribution is -0.136. The molecule has 124 valence electrons. The van der Waals surface area contributed by atoms with Crippen molar-refractivity contribution in [2.45, 2.75) is 79.1 Å². The van der Waals surface area contributed by atoms with Crippen LogP contribution < -0.4 is 0 Å². The molecule has 0 aromatic heterocycles. The minimum atomic E-state index is -0.809. The summed E-state index contributed by atoms with van der Waals surface area (Å²) in [5, 5.41) is 19.7. The summed E-state index contributed by atoms with van der Waals surface area (Å²) in [6.07, 6.45) is 0.532. The van der Waals surface area contributed by atoms with Crippen molar-refractivity contribution >= 4 is 5.97 Å². The molecule has 0 radical (unpaired) electrons. The van der Waals surface area contributed by atoms with Gasteiger partial charge >= 0.3 is 5.97 Å². The van der Waals surface area contributed by atoms with Crippen LogP contribution in [0, 0.1) is 13.8 Å². The van der Waals surface area contributed by atoms with Crippen LogP contribution in [0.1, 0.15) is 75.8 Å². The second-order valence-electron chi connectivity index (χ2n) is 8.22. The van der Waals surface area contributed by atoms with Gasteiger partial charge in [0.15, 0.2) is 0 Å². The third-order valence-electron chi connectivity index (χ3n) is 4.19. The first-order valence-electron chi connectivity index (χ1n) is 7.86. The molecule has 2 N–H and O–H groups in total. The first-order valence-corrected chi connectivity index (χ1v) is 7.86. The van der Waals surface area contributed by atoms with E-state index >= 15 is 0 Å². The SMILES string of the molecule is Cc1c(O)c(C(C)(C)C)c(C)c(C(C)(C)C)c1CCC(=O)O. The molecule has 0 amide bonds. The molecular weight excluding hydrogens is 276 g/mol. The van der Waals surface area contributed by atoms with E-state index in [2.05, 4.69) is 41.5 Å². The van der Waals surface area contributed by atoms with E-state index in [0.717, 1.165) is 22.3 Å². The largest absolute Gasteiger partial charge is 0.507 e. The molecule has 1 rings (SSSR count). The van der Waals surface area contributed by atoms with Crippen LogP contribution in [-0.2, 0) is 22.0 Å². The zero-order chi connectivity index (χ0) is 17.5. The minimum Gasteiger partial charge on any atom is -0.507 e. The highest BCUT2D eigenvalue weighted by molar-refractivity contribution is 5.68. The molecule has 0 saturated carbocycles. The van der Waals surface area contributed by atoms with E-state index < -0.39 is 5.97 Å². The van der Waals surface area contributed by atoms with E-state index in [1.54, 1.807) is 0 Å². The number of hydrogen-bond donors (Lipinski definition) is 2. The number of benzene rings is 1. The van der Waals surface area contributed by atoms with Gasteiger partial charge in [-0.25, -0.2) is 0 Å². The van der Waals surface area contributed by atoms with E-state index in [1.165, 1.54) is 5.56 Å². The Morgan fingerprint density at radius 2 is 1.36 bits per heavy atom. The number of aromatic hydroxyl groups is 1. The van der Waals surface area contributed by atoms with Crippen LogP contribution in [0.2, 0.25) is 0 Å². The fourth-order valence-corrected chi connectivity index (χ4v) is 3.52. The molecule has 0 unspecified atom stereocenters. The first-order chi connectivity index (χ1) is 9.78. The van der Waals surface area contributed by atoms with E-state index in [1.807, 2.05) is 13.8 Å². The lowest BCUT2D eigenvalue weighted by atomic mass is 9.72. The number of phenolic OH excluding ortho intramolecular Hbond substituents is 1. The number of carboxylic acids is 1. The van der Waals surface area contributed by atoms with Crippen LogP contribution in [-0.4, -0.2) is 16.2 Å². The molecule has 3 nitrogen and oxygen atoms in total. The molecule has 3 heteroatoms. The molecule has 0 atom stereocenters. The van der Waals surface area contributed by atoms with Gasteiger partial charge in [0, 0.05) is 12.0 Å². The molecule has 0 aliphatic carbocycles. The van der Waals surface area contributed by atoms with Crippen LogP contribution in [0.15, 0.2) is 0 Å². The minimum absolute atomic E-state index is 0.0810. The second-order valence-corrected chi connectivity index (χ2v) is 8.22. The van der Waals surface area contributed by atoms with Crippen molar-refractivity contribution in [2.75, 3.05) is 0 Å². The quantitative estimate of drug-likeness (QED) is 0.856. The Morgan fingerprint density at radius 3 is 1.73 bits per heavy atom. The van der Waals surface area contributed by atoms with Gasteiger partial charge in [-0.2, -0.15) is 0 Å². The van der Waals surface area contributed by atoms with Gasteiger partial charge in [0.25, 0.3) is 0 Å². The van der Waals surface area contributed by atoms with Crippen LogP contribution in [0.25, 0.3) is 0 Å². The summed E-state index contributed by atoms with van der Waals surface area (Å²) in [6, 6.07) is 0. The van der Waals surface area contributed by atoms with Crippen molar-refractivity contribution in [3.63, 3.8) is 0 Å². The number of hydrogen-bond acceptors (Lipinski definition) is 2. The van der Waals surface area contributed by atoms with Crippen molar-refractivity contribution < 1.29 is 15.0 Å². The Hall–Kier alpha value is -1.51. The van der Waals surface area contributed by atoms with E-state index in [0.29, 0.717) is 12.2 Å². The Labute approximate surface area is 134 Å². The highest BCUT2D eigenvalue weighted by atomic mass is 16.4. The summed E-state index contributed by atoms with van der Waals surface area (Å²) >= 11 is 0. The summed E-state index contributed by atoms with van der Waals surface area (Å²) in [4.78, 5) is 11.0. The van der Waals surface area contributed by atoms with Gasteiger partial charge in [-0.3, -0.25) is 4.79 Å². The average Bonchev–Trinajstić information content (AvgIpc) is 2.28. The Morgan fingerprint density at radius 1 is 0.909 bits per heavy atom. The number of phenols is 1. The molecule has 0 aliphatic rings. The normalized spacial score (nSPS) is 12.5. The van der Waals surface area contributed by atoms with Crippen molar-refractivity contribution in [3.8, 4) is 5.75 Å². The molecule has 0 bridgehead atoms. The number of carboxylic acid groups (broad SMARTS) is 1. The highest BCUT2D eigenvalue weighted by Crippen LogP contribution is 2.43. The van der Waals surface area contributed by atoms with Crippen molar-refractivity contribution in [3.05, 3.63) is 27.8 Å². The van der Waals surface area contributed by atoms with E-state index in [9.17, 15) is 9.90 Å². The van der Waals surface area contributed by atoms with E-state index in [4.69, 9.17) is 5.11 Å². The van der Waals surface area contributed by atoms with Crippen LogP contribution in [0.4, 0.5) is 0 Å². The molecule has 0 fully saturated rings. The fraction of sp³-hybridized carbons (Fsp3) is 0.632. The van der Waals surface area contributed by atoms with Crippen LogP contribution in [0.3, 0.4) is 0 Å². The molecule has 0 aliphatic heterocycles. The van der Waals surface area contributed by atoms with Crippen molar-refractivity contribution in [1.29, 1.82) is 0 Å². The summed E-state index contributed by atoms with van der Waals surface area (Å²) in [5.41, 5.74) is 4.77. The third kappa shape index (κ3) is 3.63. The molecule has 1 aromatic rings. The third-order valence-corrected chi connectivity index (χ3v) is 4.19. The Bertz CT molecular complexity index is 584. The zero-order valence-corrected chi connectivity index (χ0v) is 15.2. The summed E-state index contributed by atoms with van der Waals surface area (Å²) < 4.78 is 0. The number of carbonyl (C=O) groups is 1. The maximum Gasteiger partial charge on any atom is 0.303 e. The fourth-order valence-electron chi connectivity index (χ4n) is 3.52. The predicted octanol–water partition coefficient (Wildman–Crippen LogP) is 4.62. The second kappa shape index (κ2) is 5.94. The molecule has 0 spiro atoms. The maximum absolute atomic E-state index is 11.0. The maximum atomic E-state index is 11.0. The first kappa shape index (κ1) is 18.5. The van der Waals surface area contributed by atoms with Crippen LogP contribution >= 0.6 is 0 Å². The van der Waals surface area contributed by atoms with Gasteiger partial charge in [-0.15, -0.1) is 0 Å². The van der Waals surface area contributed by atoms with Gasteiger partial charge in [0.1, 0.15) is 5.75 Å². The average molecular weight is 306 g/mol. The lowest BCUT2D eigenvalue weighted by Gasteiger charge is -2.33. The summed E-state index contributed by atoms with van der Waals surface area (Å²) in [7, 11) is 0. The summed E-state index contributed by atoms with van der Waals surface area (Å²) in [6.45, 7) is 16.7. The molecular formula is C19H30O3. The van der Waals surface area contributed by atoms with Gasteiger partial charge in [0.05, 0.1) is 0 Å². The number of aliphatic carboxylic acids is 1. The van der Waals surface area contributed by atoms with Gasteiger partial charge in [0.2, 0.25) is 0 Å². The molecule has 1 aromatic carbocycles.